The zero-order valence-electron chi connectivity index (χ0n) is 15.6. The molecule has 0 spiro atoms. The largest absolute Gasteiger partial charge is 0.456 e. The first-order valence-electron chi connectivity index (χ1n) is 8.86. The van der Waals surface area contributed by atoms with E-state index in [1.54, 1.807) is 42.5 Å². The zero-order chi connectivity index (χ0) is 22.1. The molecule has 0 aliphatic carbocycles. The maximum Gasteiger partial charge on any atom is 0.280 e. The molecule has 1 aliphatic heterocycles. The van der Waals surface area contributed by atoms with E-state index in [1.165, 1.54) is 29.2 Å². The smallest absolute Gasteiger partial charge is 0.280 e. The van der Waals surface area contributed by atoms with Crippen LogP contribution in [0.1, 0.15) is 5.76 Å². The molecule has 1 aromatic heterocycles. The number of nitro groups is 1. The van der Waals surface area contributed by atoms with Crippen molar-refractivity contribution in [2.24, 2.45) is 0 Å². The van der Waals surface area contributed by atoms with Crippen LogP contribution in [0.2, 0.25) is 0 Å². The Hall–Kier alpha value is -3.63. The number of anilines is 1. The van der Waals surface area contributed by atoms with Crippen molar-refractivity contribution in [2.45, 2.75) is 0 Å². The van der Waals surface area contributed by atoms with E-state index in [4.69, 9.17) is 16.6 Å². The monoisotopic (exact) mass is 497 g/mol. The fraction of sp³-hybridized carbons (Fsp3) is 0. The van der Waals surface area contributed by atoms with Gasteiger partial charge in [-0.25, -0.2) is 0 Å². The zero-order valence-corrected chi connectivity index (χ0v) is 18.0. The second kappa shape index (κ2) is 8.25. The van der Waals surface area contributed by atoms with Crippen LogP contribution in [-0.2, 0) is 9.59 Å². The molecule has 0 saturated carbocycles. The molecular formula is C21H12BrN3O5S. The topological polar surface area (TPSA) is 106 Å². The van der Waals surface area contributed by atoms with Crippen LogP contribution in [-0.4, -0.2) is 21.9 Å². The second-order valence-electron chi connectivity index (χ2n) is 6.41. The van der Waals surface area contributed by atoms with Gasteiger partial charge in [0.25, 0.3) is 17.5 Å². The quantitative estimate of drug-likeness (QED) is 0.187. The van der Waals surface area contributed by atoms with Gasteiger partial charge < -0.3 is 4.42 Å². The standard InChI is InChI=1S/C21H12BrN3O5S/c22-12-5-7-13(8-6-12)24-20(27)16(19(26)23-21(24)31)11-14-9-10-18(30-14)15-3-1-2-4-17(15)25(28)29/h1-11H,(H,23,26,31)/b16-11-. The fourth-order valence-corrected chi connectivity index (χ4v) is 3.59. The maximum atomic E-state index is 13.0. The lowest BCUT2D eigenvalue weighted by molar-refractivity contribution is -0.384. The number of amides is 2. The Morgan fingerprint density at radius 2 is 1.77 bits per heavy atom. The highest BCUT2D eigenvalue weighted by Crippen LogP contribution is 2.32. The highest BCUT2D eigenvalue weighted by Gasteiger charge is 2.34. The Balaban J connectivity index is 1.69. The lowest BCUT2D eigenvalue weighted by atomic mass is 10.1. The van der Waals surface area contributed by atoms with Gasteiger partial charge in [-0.2, -0.15) is 0 Å². The Bertz CT molecular complexity index is 1270. The Morgan fingerprint density at radius 1 is 1.06 bits per heavy atom. The second-order valence-corrected chi connectivity index (χ2v) is 7.71. The summed E-state index contributed by atoms with van der Waals surface area (Å²) >= 11 is 8.50. The minimum absolute atomic E-state index is 0.0329. The molecule has 1 N–H and O–H groups in total. The van der Waals surface area contributed by atoms with Crippen LogP contribution in [0, 0.1) is 10.1 Å². The van der Waals surface area contributed by atoms with E-state index in [0.29, 0.717) is 5.69 Å². The minimum Gasteiger partial charge on any atom is -0.456 e. The molecule has 4 rings (SSSR count). The van der Waals surface area contributed by atoms with Gasteiger partial charge in [0, 0.05) is 10.5 Å². The van der Waals surface area contributed by atoms with Gasteiger partial charge in [0.2, 0.25) is 0 Å². The van der Waals surface area contributed by atoms with E-state index in [9.17, 15) is 19.7 Å². The number of hydrogen-bond donors (Lipinski definition) is 1. The van der Waals surface area contributed by atoms with Gasteiger partial charge in [0.15, 0.2) is 5.11 Å². The molecule has 10 heteroatoms. The first-order valence-corrected chi connectivity index (χ1v) is 10.1. The van der Waals surface area contributed by atoms with Gasteiger partial charge in [-0.15, -0.1) is 0 Å². The van der Waals surface area contributed by atoms with Crippen LogP contribution >= 0.6 is 28.1 Å². The van der Waals surface area contributed by atoms with Crippen LogP contribution in [0.15, 0.2) is 75.1 Å². The molecule has 1 aliphatic rings. The van der Waals surface area contributed by atoms with Crippen molar-refractivity contribution < 1.29 is 18.9 Å². The number of benzene rings is 2. The number of nitrogens with one attached hydrogen (secondary N) is 1. The molecule has 2 amide bonds. The van der Waals surface area contributed by atoms with E-state index in [1.807, 2.05) is 0 Å². The Labute approximate surface area is 189 Å². The molecule has 1 fully saturated rings. The summed E-state index contributed by atoms with van der Waals surface area (Å²) in [4.78, 5) is 37.4. The van der Waals surface area contributed by atoms with Crippen molar-refractivity contribution in [3.8, 4) is 11.3 Å². The van der Waals surface area contributed by atoms with Crippen molar-refractivity contribution in [3.63, 3.8) is 0 Å². The van der Waals surface area contributed by atoms with Crippen LogP contribution in [0.4, 0.5) is 11.4 Å². The molecule has 2 aromatic carbocycles. The summed E-state index contributed by atoms with van der Waals surface area (Å²) in [5, 5.41) is 13.7. The first kappa shape index (κ1) is 20.6. The SMILES string of the molecule is O=C1NC(=S)N(c2ccc(Br)cc2)C(=O)/C1=C\c1ccc(-c2ccccc2[N+](=O)[O-])o1. The van der Waals surface area contributed by atoms with Crippen LogP contribution in [0.5, 0.6) is 0 Å². The van der Waals surface area contributed by atoms with Gasteiger partial charge >= 0.3 is 0 Å². The molecule has 2 heterocycles. The van der Waals surface area contributed by atoms with Gasteiger partial charge in [-0.05, 0) is 60.8 Å². The molecule has 0 radical (unpaired) electrons. The van der Waals surface area contributed by atoms with Crippen molar-refractivity contribution in [1.29, 1.82) is 0 Å². The Kier molecular flexibility index (Phi) is 5.49. The van der Waals surface area contributed by atoms with E-state index in [0.717, 1.165) is 4.47 Å². The van der Waals surface area contributed by atoms with E-state index in [2.05, 4.69) is 21.2 Å². The third kappa shape index (κ3) is 4.03. The molecular weight excluding hydrogens is 486 g/mol. The van der Waals surface area contributed by atoms with Crippen molar-refractivity contribution in [3.05, 3.63) is 86.6 Å². The summed E-state index contributed by atoms with van der Waals surface area (Å²) in [6.07, 6.45) is 1.28. The highest BCUT2D eigenvalue weighted by molar-refractivity contribution is 9.10. The molecule has 154 valence electrons. The molecule has 31 heavy (non-hydrogen) atoms. The van der Waals surface area contributed by atoms with E-state index < -0.39 is 16.7 Å². The van der Waals surface area contributed by atoms with Gasteiger partial charge in [-0.1, -0.05) is 28.1 Å². The van der Waals surface area contributed by atoms with Gasteiger partial charge in [0.1, 0.15) is 17.1 Å². The first-order chi connectivity index (χ1) is 14.8. The van der Waals surface area contributed by atoms with Crippen molar-refractivity contribution in [1.82, 2.24) is 5.32 Å². The third-order valence-electron chi connectivity index (χ3n) is 4.47. The summed E-state index contributed by atoms with van der Waals surface area (Å²) in [5.41, 5.74) is 0.479. The summed E-state index contributed by atoms with van der Waals surface area (Å²) in [6.45, 7) is 0. The molecule has 8 nitrogen and oxygen atoms in total. The number of nitrogens with zero attached hydrogens (tertiary/aromatic N) is 2. The summed E-state index contributed by atoms with van der Waals surface area (Å²) in [6, 6.07) is 16.0. The molecule has 0 atom stereocenters. The van der Waals surface area contributed by atoms with Gasteiger partial charge in [-0.3, -0.25) is 29.9 Å². The maximum absolute atomic E-state index is 13.0. The summed E-state index contributed by atoms with van der Waals surface area (Å²) < 4.78 is 6.50. The number of rotatable bonds is 4. The van der Waals surface area contributed by atoms with Crippen LogP contribution in [0.3, 0.4) is 0 Å². The third-order valence-corrected chi connectivity index (χ3v) is 5.28. The molecule has 1 saturated heterocycles. The fourth-order valence-electron chi connectivity index (χ4n) is 3.04. The van der Waals surface area contributed by atoms with Crippen LogP contribution < -0.4 is 10.2 Å². The van der Waals surface area contributed by atoms with Crippen molar-refractivity contribution >= 4 is 62.5 Å². The number of hydrogen-bond acceptors (Lipinski definition) is 6. The molecule has 3 aromatic rings. The van der Waals surface area contributed by atoms with Crippen molar-refractivity contribution in [2.75, 3.05) is 4.90 Å². The summed E-state index contributed by atoms with van der Waals surface area (Å²) in [5.74, 6) is -0.843. The number of para-hydroxylation sites is 1. The van der Waals surface area contributed by atoms with Gasteiger partial charge in [0.05, 0.1) is 16.2 Å². The molecule has 0 bridgehead atoms. The van der Waals surface area contributed by atoms with E-state index >= 15 is 0 Å². The summed E-state index contributed by atoms with van der Waals surface area (Å²) in [7, 11) is 0. The number of nitro benzene ring substituents is 1. The average Bonchev–Trinajstić information content (AvgIpc) is 3.21. The van der Waals surface area contributed by atoms with Crippen LogP contribution in [0.25, 0.3) is 17.4 Å². The number of thiocarbonyl (C=S) groups is 1. The Morgan fingerprint density at radius 3 is 2.48 bits per heavy atom. The average molecular weight is 498 g/mol. The van der Waals surface area contributed by atoms with E-state index in [-0.39, 0.29) is 33.5 Å². The predicted octanol–water partition coefficient (Wildman–Crippen LogP) is 4.45. The number of furan rings is 1. The number of halogens is 1. The molecule has 0 unspecified atom stereocenters. The predicted molar refractivity (Wildman–Crippen MR) is 121 cm³/mol. The number of carbonyl (C=O) groups excluding carboxylic acids is 2. The number of carbonyl (C=O) groups is 2. The lowest BCUT2D eigenvalue weighted by Gasteiger charge is -2.28. The highest BCUT2D eigenvalue weighted by atomic mass is 79.9. The lowest BCUT2D eigenvalue weighted by Crippen LogP contribution is -2.54. The minimum atomic E-state index is -0.660. The normalized spacial score (nSPS) is 15.3.